The van der Waals surface area contributed by atoms with E-state index in [1.807, 2.05) is 27.2 Å². The molecule has 0 aromatic carbocycles. The van der Waals surface area contributed by atoms with Crippen molar-refractivity contribution in [3.05, 3.63) is 24.3 Å². The first-order chi connectivity index (χ1) is 9.74. The minimum absolute atomic E-state index is 0.290. The standard InChI is InChI=1S/C16H27NO4/c1-5-6-7-8-9-10-11-16(20)21-14(12-15(18)19)13-17(2,3)4/h8-11,14H,5-7,12-13H2,1-4H3/b9-8+,11-10+. The molecule has 0 radical (unpaired) electrons. The van der Waals surface area contributed by atoms with Crippen molar-refractivity contribution >= 4 is 11.9 Å². The summed E-state index contributed by atoms with van der Waals surface area (Å²) in [7, 11) is 5.72. The number of esters is 1. The summed E-state index contributed by atoms with van der Waals surface area (Å²) in [4.78, 5) is 22.3. The Bertz CT molecular complexity index is 380. The summed E-state index contributed by atoms with van der Waals surface area (Å²) in [6, 6.07) is 0. The molecule has 5 heteroatoms. The lowest BCUT2D eigenvalue weighted by molar-refractivity contribution is -0.873. The maximum Gasteiger partial charge on any atom is 0.331 e. The molecule has 0 amide bonds. The second kappa shape index (κ2) is 10.2. The number of carboxylic acid groups (broad SMARTS) is 1. The van der Waals surface area contributed by atoms with Gasteiger partial charge in [0.1, 0.15) is 6.54 Å². The summed E-state index contributed by atoms with van der Waals surface area (Å²) in [6.45, 7) is 2.53. The number of nitrogens with zero attached hydrogens (tertiary/aromatic N) is 1. The highest BCUT2D eigenvalue weighted by molar-refractivity contribution is 5.82. The summed E-state index contributed by atoms with van der Waals surface area (Å²) in [5.74, 6) is -1.75. The topological polar surface area (TPSA) is 66.4 Å². The first kappa shape index (κ1) is 19.4. The molecule has 1 atom stereocenters. The molecule has 0 aliphatic carbocycles. The van der Waals surface area contributed by atoms with E-state index in [0.717, 1.165) is 19.3 Å². The average molecular weight is 297 g/mol. The zero-order valence-corrected chi connectivity index (χ0v) is 13.5. The van der Waals surface area contributed by atoms with Crippen LogP contribution in [0.1, 0.15) is 32.6 Å². The number of unbranched alkanes of at least 4 members (excludes halogenated alkanes) is 2. The Balaban J connectivity index is 4.35. The van der Waals surface area contributed by atoms with Crippen LogP contribution in [0.5, 0.6) is 0 Å². The predicted octanol–water partition coefficient (Wildman–Crippen LogP) is 1.05. The number of hydrogen-bond donors (Lipinski definition) is 0. The van der Waals surface area contributed by atoms with E-state index in [2.05, 4.69) is 6.92 Å². The van der Waals surface area contributed by atoms with E-state index >= 15 is 0 Å². The number of aliphatic carboxylic acids is 1. The van der Waals surface area contributed by atoms with Gasteiger partial charge in [0.2, 0.25) is 0 Å². The summed E-state index contributed by atoms with van der Waals surface area (Å²) >= 11 is 0. The average Bonchev–Trinajstić information content (AvgIpc) is 2.30. The molecule has 0 spiro atoms. The van der Waals surface area contributed by atoms with E-state index < -0.39 is 18.0 Å². The van der Waals surface area contributed by atoms with Crippen molar-refractivity contribution in [1.82, 2.24) is 0 Å². The molecule has 0 saturated heterocycles. The van der Waals surface area contributed by atoms with Crippen molar-refractivity contribution in [2.75, 3.05) is 27.7 Å². The minimum atomic E-state index is -1.22. The highest BCUT2D eigenvalue weighted by atomic mass is 16.5. The van der Waals surface area contributed by atoms with E-state index in [1.165, 1.54) is 6.08 Å². The second-order valence-corrected chi connectivity index (χ2v) is 6.04. The van der Waals surface area contributed by atoms with Crippen LogP contribution in [-0.2, 0) is 14.3 Å². The van der Waals surface area contributed by atoms with Gasteiger partial charge in [-0.1, -0.05) is 38.0 Å². The molecule has 120 valence electrons. The van der Waals surface area contributed by atoms with Gasteiger partial charge in [0, 0.05) is 18.5 Å². The molecule has 0 aromatic heterocycles. The number of carbonyl (C=O) groups excluding carboxylic acids is 2. The molecule has 0 aliphatic rings. The number of carbonyl (C=O) groups is 2. The lowest BCUT2D eigenvalue weighted by atomic mass is 10.2. The lowest BCUT2D eigenvalue weighted by Crippen LogP contribution is -2.45. The van der Waals surface area contributed by atoms with Gasteiger partial charge in [-0.15, -0.1) is 0 Å². The molecule has 0 N–H and O–H groups in total. The highest BCUT2D eigenvalue weighted by Crippen LogP contribution is 2.05. The monoisotopic (exact) mass is 297 g/mol. The van der Waals surface area contributed by atoms with Crippen LogP contribution < -0.4 is 5.11 Å². The third-order valence-corrected chi connectivity index (χ3v) is 2.63. The SMILES string of the molecule is CCCC/C=C/C=C/C(=O)OC(CC(=O)[O-])C[N+](C)(C)C. The van der Waals surface area contributed by atoms with Gasteiger partial charge < -0.3 is 19.1 Å². The van der Waals surface area contributed by atoms with Gasteiger partial charge in [-0.3, -0.25) is 0 Å². The molecule has 0 heterocycles. The largest absolute Gasteiger partial charge is 0.550 e. The van der Waals surface area contributed by atoms with Gasteiger partial charge in [0.05, 0.1) is 21.1 Å². The van der Waals surface area contributed by atoms with E-state index in [0.29, 0.717) is 11.0 Å². The predicted molar refractivity (Wildman–Crippen MR) is 80.2 cm³/mol. The van der Waals surface area contributed by atoms with Crippen LogP contribution in [0.3, 0.4) is 0 Å². The van der Waals surface area contributed by atoms with Crippen molar-refractivity contribution in [2.45, 2.75) is 38.7 Å². The number of rotatable bonds is 10. The third-order valence-electron chi connectivity index (χ3n) is 2.63. The normalized spacial score (nSPS) is 13.7. The van der Waals surface area contributed by atoms with Gasteiger partial charge >= 0.3 is 5.97 Å². The number of quaternary nitrogens is 1. The van der Waals surface area contributed by atoms with Gasteiger partial charge in [0.25, 0.3) is 0 Å². The fraction of sp³-hybridized carbons (Fsp3) is 0.625. The number of allylic oxidation sites excluding steroid dienone is 3. The maximum atomic E-state index is 11.6. The zero-order valence-electron chi connectivity index (χ0n) is 13.5. The molecule has 0 bridgehead atoms. The quantitative estimate of drug-likeness (QED) is 0.199. The van der Waals surface area contributed by atoms with Crippen molar-refractivity contribution in [3.8, 4) is 0 Å². The van der Waals surface area contributed by atoms with Gasteiger partial charge in [-0.05, 0) is 6.42 Å². The molecule has 0 rings (SSSR count). The molecule has 0 aromatic rings. The molecule has 0 saturated carbocycles. The van der Waals surface area contributed by atoms with Crippen molar-refractivity contribution in [2.24, 2.45) is 0 Å². The number of likely N-dealkylation sites (N-methyl/N-ethyl adjacent to an activating group) is 1. The first-order valence-electron chi connectivity index (χ1n) is 7.28. The molecule has 1 unspecified atom stereocenters. The maximum absolute atomic E-state index is 11.6. The molecular weight excluding hydrogens is 270 g/mol. The van der Waals surface area contributed by atoms with Crippen molar-refractivity contribution < 1.29 is 23.9 Å². The fourth-order valence-corrected chi connectivity index (χ4v) is 1.77. The van der Waals surface area contributed by atoms with E-state index in [4.69, 9.17) is 4.74 Å². The van der Waals surface area contributed by atoms with Gasteiger partial charge in [-0.25, -0.2) is 4.79 Å². The summed E-state index contributed by atoms with van der Waals surface area (Å²) in [5.41, 5.74) is 0. The summed E-state index contributed by atoms with van der Waals surface area (Å²) in [6.07, 6.45) is 8.95. The molecule has 21 heavy (non-hydrogen) atoms. The van der Waals surface area contributed by atoms with Crippen LogP contribution in [0, 0.1) is 0 Å². The summed E-state index contributed by atoms with van der Waals surface area (Å²) < 4.78 is 5.67. The molecule has 5 nitrogen and oxygen atoms in total. The van der Waals surface area contributed by atoms with Crippen molar-refractivity contribution in [1.29, 1.82) is 0 Å². The number of hydrogen-bond acceptors (Lipinski definition) is 4. The Morgan fingerprint density at radius 2 is 1.90 bits per heavy atom. The Morgan fingerprint density at radius 3 is 2.43 bits per heavy atom. The van der Waals surface area contributed by atoms with E-state index in [9.17, 15) is 14.7 Å². The van der Waals surface area contributed by atoms with Crippen LogP contribution in [0.25, 0.3) is 0 Å². The van der Waals surface area contributed by atoms with Crippen LogP contribution in [-0.4, -0.2) is 50.2 Å². The Labute approximate surface area is 127 Å². The molecule has 0 aliphatic heterocycles. The molecule has 0 fully saturated rings. The van der Waals surface area contributed by atoms with Crippen LogP contribution in [0.15, 0.2) is 24.3 Å². The Kier molecular flexibility index (Phi) is 9.37. The van der Waals surface area contributed by atoms with Crippen LogP contribution in [0.4, 0.5) is 0 Å². The first-order valence-corrected chi connectivity index (χ1v) is 7.28. The Hall–Kier alpha value is -1.62. The van der Waals surface area contributed by atoms with E-state index in [1.54, 1.807) is 12.2 Å². The van der Waals surface area contributed by atoms with Crippen LogP contribution in [0.2, 0.25) is 0 Å². The van der Waals surface area contributed by atoms with Crippen molar-refractivity contribution in [3.63, 3.8) is 0 Å². The van der Waals surface area contributed by atoms with E-state index in [-0.39, 0.29) is 6.42 Å². The highest BCUT2D eigenvalue weighted by Gasteiger charge is 2.21. The zero-order chi connectivity index (χ0) is 16.3. The lowest BCUT2D eigenvalue weighted by Gasteiger charge is -2.28. The number of ether oxygens (including phenoxy) is 1. The summed E-state index contributed by atoms with van der Waals surface area (Å²) in [5, 5.41) is 10.7. The van der Waals surface area contributed by atoms with Crippen LogP contribution >= 0.6 is 0 Å². The minimum Gasteiger partial charge on any atom is -0.550 e. The second-order valence-electron chi connectivity index (χ2n) is 6.04. The molecular formula is C16H27NO4. The van der Waals surface area contributed by atoms with Gasteiger partial charge in [-0.2, -0.15) is 0 Å². The Morgan fingerprint density at radius 1 is 1.24 bits per heavy atom. The smallest absolute Gasteiger partial charge is 0.331 e. The van der Waals surface area contributed by atoms with Gasteiger partial charge in [0.15, 0.2) is 6.10 Å². The number of carboxylic acids is 1. The third kappa shape index (κ3) is 13.1. The fourth-order valence-electron chi connectivity index (χ4n) is 1.77.